The molecule has 0 unspecified atom stereocenters. The fourth-order valence-electron chi connectivity index (χ4n) is 3.79. The lowest BCUT2D eigenvalue weighted by Gasteiger charge is -2.24. The maximum Gasteiger partial charge on any atom is 0.264 e. The van der Waals surface area contributed by atoms with Crippen molar-refractivity contribution in [2.24, 2.45) is 0 Å². The van der Waals surface area contributed by atoms with E-state index in [0.29, 0.717) is 17.1 Å². The second-order valence-electron chi connectivity index (χ2n) is 8.71. The molecule has 10 heteroatoms. The zero-order valence-corrected chi connectivity index (χ0v) is 22.5. The Morgan fingerprint density at radius 3 is 1.95 bits per heavy atom. The van der Waals surface area contributed by atoms with Gasteiger partial charge in [-0.3, -0.25) is 13.8 Å². The van der Waals surface area contributed by atoms with Crippen molar-refractivity contribution in [2.45, 2.75) is 23.6 Å². The van der Waals surface area contributed by atoms with E-state index in [9.17, 15) is 21.6 Å². The molecule has 0 atom stereocenters. The third kappa shape index (κ3) is 6.39. The monoisotopic (exact) mass is 549 g/mol. The number of rotatable bonds is 9. The van der Waals surface area contributed by atoms with Crippen molar-refractivity contribution in [3.8, 4) is 0 Å². The molecule has 0 bridgehead atoms. The number of nitrogens with one attached hydrogen (secondary N) is 2. The van der Waals surface area contributed by atoms with E-state index in [1.54, 1.807) is 54.6 Å². The van der Waals surface area contributed by atoms with Crippen molar-refractivity contribution < 1.29 is 21.6 Å². The highest BCUT2D eigenvalue weighted by molar-refractivity contribution is 7.93. The van der Waals surface area contributed by atoms with Gasteiger partial charge in [0, 0.05) is 11.4 Å². The van der Waals surface area contributed by atoms with E-state index in [-0.39, 0.29) is 9.79 Å². The van der Waals surface area contributed by atoms with Crippen molar-refractivity contribution in [1.29, 1.82) is 0 Å². The number of carbonyl (C=O) groups is 1. The summed E-state index contributed by atoms with van der Waals surface area (Å²) in [5.41, 5.74) is 2.88. The lowest BCUT2D eigenvalue weighted by molar-refractivity contribution is -0.114. The van der Waals surface area contributed by atoms with Crippen LogP contribution >= 0.6 is 0 Å². The lowest BCUT2D eigenvalue weighted by atomic mass is 10.2. The third-order valence-electron chi connectivity index (χ3n) is 5.63. The second-order valence-corrected chi connectivity index (χ2v) is 12.3. The molecular formula is C28H27N3O5S2. The largest absolute Gasteiger partial charge is 0.325 e. The van der Waals surface area contributed by atoms with E-state index in [1.165, 1.54) is 36.4 Å². The number of anilines is 3. The number of benzene rings is 4. The fraction of sp³-hybridized carbons (Fsp3) is 0.107. The zero-order chi connectivity index (χ0) is 27.3. The predicted octanol–water partition coefficient (Wildman–Crippen LogP) is 4.94. The Morgan fingerprint density at radius 2 is 1.32 bits per heavy atom. The number of aryl methyl sites for hydroxylation is 2. The number of sulfonamides is 2. The number of carbonyl (C=O) groups excluding carboxylic acids is 1. The number of hydrogen-bond acceptors (Lipinski definition) is 5. The van der Waals surface area contributed by atoms with Crippen LogP contribution in [0.2, 0.25) is 0 Å². The topological polar surface area (TPSA) is 113 Å². The van der Waals surface area contributed by atoms with Crippen LogP contribution in [-0.2, 0) is 24.8 Å². The van der Waals surface area contributed by atoms with Gasteiger partial charge < -0.3 is 5.32 Å². The van der Waals surface area contributed by atoms with Crippen LogP contribution in [0.25, 0.3) is 0 Å². The highest BCUT2D eigenvalue weighted by Crippen LogP contribution is 2.25. The molecule has 8 nitrogen and oxygen atoms in total. The van der Waals surface area contributed by atoms with E-state index in [1.807, 2.05) is 26.0 Å². The van der Waals surface area contributed by atoms with Crippen molar-refractivity contribution in [3.63, 3.8) is 0 Å². The minimum atomic E-state index is -4.03. The van der Waals surface area contributed by atoms with Gasteiger partial charge in [-0.05, 0) is 85.6 Å². The molecule has 0 spiro atoms. The van der Waals surface area contributed by atoms with Crippen LogP contribution in [0.1, 0.15) is 11.1 Å². The summed E-state index contributed by atoms with van der Waals surface area (Å²) in [6.07, 6.45) is 0. The van der Waals surface area contributed by atoms with Gasteiger partial charge in [0.15, 0.2) is 0 Å². The number of hydrogen-bond donors (Lipinski definition) is 2. The first-order chi connectivity index (χ1) is 18.0. The van der Waals surface area contributed by atoms with Crippen LogP contribution in [0.5, 0.6) is 0 Å². The molecule has 0 aliphatic rings. The molecule has 0 heterocycles. The van der Waals surface area contributed by atoms with E-state index in [4.69, 9.17) is 0 Å². The van der Waals surface area contributed by atoms with Crippen LogP contribution in [0.4, 0.5) is 17.1 Å². The minimum absolute atomic E-state index is 0.0186. The smallest absolute Gasteiger partial charge is 0.264 e. The lowest BCUT2D eigenvalue weighted by Crippen LogP contribution is -2.38. The number of nitrogens with zero attached hydrogens (tertiary/aromatic N) is 1. The molecular weight excluding hydrogens is 522 g/mol. The molecule has 2 N–H and O–H groups in total. The molecule has 0 radical (unpaired) electrons. The van der Waals surface area contributed by atoms with Crippen molar-refractivity contribution >= 4 is 43.0 Å². The van der Waals surface area contributed by atoms with Crippen molar-refractivity contribution in [3.05, 3.63) is 114 Å². The SMILES string of the molecule is Cc1cccc(NS(=O)(=O)c2ccc(NC(=O)CN(c3cccc(C)c3)S(=O)(=O)c3ccccc3)cc2)c1. The van der Waals surface area contributed by atoms with Crippen LogP contribution in [0, 0.1) is 13.8 Å². The predicted molar refractivity (Wildman–Crippen MR) is 149 cm³/mol. The van der Waals surface area contributed by atoms with E-state index >= 15 is 0 Å². The summed E-state index contributed by atoms with van der Waals surface area (Å²) in [6.45, 7) is 3.22. The summed E-state index contributed by atoms with van der Waals surface area (Å²) in [5.74, 6) is -0.584. The highest BCUT2D eigenvalue weighted by Gasteiger charge is 2.27. The summed E-state index contributed by atoms with van der Waals surface area (Å²) in [7, 11) is -7.87. The second kappa shape index (κ2) is 11.1. The Bertz CT molecular complexity index is 1650. The summed E-state index contributed by atoms with van der Waals surface area (Å²) in [5, 5.41) is 2.66. The van der Waals surface area contributed by atoms with Crippen LogP contribution in [0.15, 0.2) is 113 Å². The molecule has 4 aromatic carbocycles. The Kier molecular flexibility index (Phi) is 7.84. The quantitative estimate of drug-likeness (QED) is 0.307. The van der Waals surface area contributed by atoms with Gasteiger partial charge in [0.2, 0.25) is 5.91 Å². The first-order valence-corrected chi connectivity index (χ1v) is 14.6. The van der Waals surface area contributed by atoms with Gasteiger partial charge in [-0.15, -0.1) is 0 Å². The third-order valence-corrected chi connectivity index (χ3v) is 8.81. The normalized spacial score (nSPS) is 11.5. The van der Waals surface area contributed by atoms with Gasteiger partial charge >= 0.3 is 0 Å². The Labute approximate surface area is 223 Å². The standard InChI is InChI=1S/C28H27N3O5S2/c1-21-8-6-10-24(18-21)30-37(33,34)26-16-14-23(15-17-26)29-28(32)20-31(25-11-7-9-22(2)19-25)38(35,36)27-12-4-3-5-13-27/h3-19,30H,20H2,1-2H3,(H,29,32). The molecule has 0 aliphatic heterocycles. The van der Waals surface area contributed by atoms with Gasteiger partial charge in [-0.2, -0.15) is 0 Å². The molecule has 0 aromatic heterocycles. The van der Waals surface area contributed by atoms with Crippen molar-refractivity contribution in [1.82, 2.24) is 0 Å². The Morgan fingerprint density at radius 1 is 0.684 bits per heavy atom. The fourth-order valence-corrected chi connectivity index (χ4v) is 6.27. The molecule has 0 aliphatic carbocycles. The molecule has 4 aromatic rings. The molecule has 196 valence electrons. The van der Waals surface area contributed by atoms with Crippen molar-refractivity contribution in [2.75, 3.05) is 20.9 Å². The van der Waals surface area contributed by atoms with Gasteiger partial charge in [0.1, 0.15) is 6.54 Å². The average molecular weight is 550 g/mol. The minimum Gasteiger partial charge on any atom is -0.325 e. The molecule has 1 amide bonds. The zero-order valence-electron chi connectivity index (χ0n) is 20.8. The first-order valence-electron chi connectivity index (χ1n) is 11.7. The maximum absolute atomic E-state index is 13.4. The van der Waals surface area contributed by atoms with Crippen LogP contribution in [0.3, 0.4) is 0 Å². The molecule has 0 saturated carbocycles. The van der Waals surface area contributed by atoms with E-state index < -0.39 is 32.5 Å². The van der Waals surface area contributed by atoms with E-state index in [2.05, 4.69) is 10.0 Å². The molecule has 4 rings (SSSR count). The average Bonchev–Trinajstić information content (AvgIpc) is 2.88. The van der Waals surface area contributed by atoms with Crippen LogP contribution < -0.4 is 14.3 Å². The van der Waals surface area contributed by atoms with Gasteiger partial charge in [0.05, 0.1) is 15.5 Å². The summed E-state index contributed by atoms with van der Waals surface area (Å²) in [6, 6.07) is 27.4. The van der Waals surface area contributed by atoms with Gasteiger partial charge in [-0.1, -0.05) is 42.5 Å². The van der Waals surface area contributed by atoms with Crippen LogP contribution in [-0.4, -0.2) is 29.3 Å². The summed E-state index contributed by atoms with van der Waals surface area (Å²) < 4.78 is 55.9. The van der Waals surface area contributed by atoms with Gasteiger partial charge in [-0.25, -0.2) is 16.8 Å². The molecule has 38 heavy (non-hydrogen) atoms. The van der Waals surface area contributed by atoms with Gasteiger partial charge in [0.25, 0.3) is 20.0 Å². The summed E-state index contributed by atoms with van der Waals surface area (Å²) >= 11 is 0. The maximum atomic E-state index is 13.4. The first kappa shape index (κ1) is 26.9. The highest BCUT2D eigenvalue weighted by atomic mass is 32.2. The Hall–Kier alpha value is -4.15. The number of amides is 1. The molecule has 0 fully saturated rings. The molecule has 0 saturated heterocycles. The Balaban J connectivity index is 1.52. The summed E-state index contributed by atoms with van der Waals surface area (Å²) in [4.78, 5) is 13.0. The van der Waals surface area contributed by atoms with E-state index in [0.717, 1.165) is 15.4 Å².